The predicted molar refractivity (Wildman–Crippen MR) is 75.2 cm³/mol. The Morgan fingerprint density at radius 2 is 2.17 bits per heavy atom. The molecule has 0 aliphatic carbocycles. The van der Waals surface area contributed by atoms with E-state index >= 15 is 0 Å². The molecule has 0 fully saturated rings. The molecule has 0 aliphatic heterocycles. The van der Waals surface area contributed by atoms with E-state index in [1.807, 2.05) is 32.0 Å². The van der Waals surface area contributed by atoms with Gasteiger partial charge in [-0.3, -0.25) is 4.79 Å². The lowest BCUT2D eigenvalue weighted by Crippen LogP contribution is -2.26. The van der Waals surface area contributed by atoms with Crippen molar-refractivity contribution in [3.63, 3.8) is 0 Å². The van der Waals surface area contributed by atoms with Gasteiger partial charge in [-0.05, 0) is 37.6 Å². The van der Waals surface area contributed by atoms with Crippen LogP contribution in [0.15, 0.2) is 28.9 Å². The second-order valence-corrected chi connectivity index (χ2v) is 5.30. The minimum Gasteiger partial charge on any atom is -0.516 e. The summed E-state index contributed by atoms with van der Waals surface area (Å²) in [5.74, 6) is -0.248. The normalized spacial score (nSPS) is 11.8. The second kappa shape index (κ2) is 6.05. The number of ether oxygens (including phenoxy) is 1. The number of benzene rings is 1. The first-order chi connectivity index (χ1) is 8.40. The summed E-state index contributed by atoms with van der Waals surface area (Å²) < 4.78 is 6.33. The molecule has 18 heavy (non-hydrogen) atoms. The molecule has 0 atom stereocenters. The van der Waals surface area contributed by atoms with Crippen LogP contribution in [-0.2, 0) is 15.1 Å². The van der Waals surface area contributed by atoms with Crippen LogP contribution in [0.25, 0.3) is 6.08 Å². The first-order valence-electron chi connectivity index (χ1n) is 5.73. The number of aliphatic hydroxyl groups is 1. The van der Waals surface area contributed by atoms with Crippen molar-refractivity contribution in [2.24, 2.45) is 0 Å². The lowest BCUT2D eigenvalue weighted by Gasteiger charge is -2.27. The second-order valence-electron chi connectivity index (χ2n) is 4.39. The molecular weight excluding hydrogens is 296 g/mol. The molecule has 0 aliphatic rings. The zero-order valence-electron chi connectivity index (χ0n) is 10.7. The first kappa shape index (κ1) is 14.8. The Morgan fingerprint density at radius 3 is 2.72 bits per heavy atom. The smallest absolute Gasteiger partial charge is 0.306 e. The van der Waals surface area contributed by atoms with Gasteiger partial charge in [-0.25, -0.2) is 0 Å². The molecule has 0 unspecified atom stereocenters. The maximum atomic E-state index is 11.4. The number of rotatable bonds is 4. The molecule has 3 nitrogen and oxygen atoms in total. The van der Waals surface area contributed by atoms with Gasteiger partial charge in [0.05, 0.1) is 6.26 Å². The van der Waals surface area contributed by atoms with E-state index in [2.05, 4.69) is 15.9 Å². The van der Waals surface area contributed by atoms with Crippen LogP contribution in [-0.4, -0.2) is 11.1 Å². The van der Waals surface area contributed by atoms with E-state index in [0.29, 0.717) is 6.42 Å². The summed E-state index contributed by atoms with van der Waals surface area (Å²) in [4.78, 5) is 11.4. The van der Waals surface area contributed by atoms with E-state index in [1.54, 1.807) is 13.0 Å². The van der Waals surface area contributed by atoms with Crippen molar-refractivity contribution in [2.45, 2.75) is 32.8 Å². The van der Waals surface area contributed by atoms with Gasteiger partial charge in [-0.15, -0.1) is 0 Å². The molecule has 1 aromatic carbocycles. The number of carbonyl (C=O) groups is 1. The Kier molecular flexibility index (Phi) is 4.96. The van der Waals surface area contributed by atoms with E-state index in [9.17, 15) is 4.79 Å². The van der Waals surface area contributed by atoms with Crippen LogP contribution in [0.2, 0.25) is 0 Å². The summed E-state index contributed by atoms with van der Waals surface area (Å²) in [6, 6.07) is 5.62. The highest BCUT2D eigenvalue weighted by molar-refractivity contribution is 9.10. The SMILES string of the molecule is CCC(=O)OC(C)(C)c1ccc(Br)cc1/C=C\O. The molecule has 1 rings (SSSR count). The van der Waals surface area contributed by atoms with E-state index in [1.165, 1.54) is 0 Å². The quantitative estimate of drug-likeness (QED) is 0.670. The van der Waals surface area contributed by atoms with Crippen LogP contribution < -0.4 is 0 Å². The number of hydrogen-bond donors (Lipinski definition) is 1. The monoisotopic (exact) mass is 312 g/mol. The van der Waals surface area contributed by atoms with Gasteiger partial charge in [0.25, 0.3) is 0 Å². The average Bonchev–Trinajstić information content (AvgIpc) is 2.28. The molecule has 4 heteroatoms. The molecule has 0 saturated carbocycles. The van der Waals surface area contributed by atoms with Crippen LogP contribution in [0, 0.1) is 0 Å². The molecule has 1 aromatic rings. The van der Waals surface area contributed by atoms with Crippen molar-refractivity contribution in [3.8, 4) is 0 Å². The van der Waals surface area contributed by atoms with Gasteiger partial charge in [0, 0.05) is 16.5 Å². The van der Waals surface area contributed by atoms with Crippen molar-refractivity contribution < 1.29 is 14.6 Å². The van der Waals surface area contributed by atoms with Crippen LogP contribution in [0.1, 0.15) is 38.3 Å². The third kappa shape index (κ3) is 3.60. The van der Waals surface area contributed by atoms with Gasteiger partial charge >= 0.3 is 5.97 Å². The van der Waals surface area contributed by atoms with Crippen LogP contribution in [0.5, 0.6) is 0 Å². The van der Waals surface area contributed by atoms with Crippen molar-refractivity contribution in [1.82, 2.24) is 0 Å². The number of aliphatic hydroxyl groups excluding tert-OH is 1. The van der Waals surface area contributed by atoms with Crippen LogP contribution >= 0.6 is 15.9 Å². The number of carbonyl (C=O) groups excluding carboxylic acids is 1. The Hall–Kier alpha value is -1.29. The fourth-order valence-electron chi connectivity index (χ4n) is 1.71. The molecule has 0 radical (unpaired) electrons. The summed E-state index contributed by atoms with van der Waals surface area (Å²) in [7, 11) is 0. The highest BCUT2D eigenvalue weighted by Crippen LogP contribution is 2.31. The maximum Gasteiger partial charge on any atom is 0.306 e. The zero-order valence-corrected chi connectivity index (χ0v) is 12.3. The van der Waals surface area contributed by atoms with Gasteiger partial charge in [0.1, 0.15) is 5.60 Å². The fourth-order valence-corrected chi connectivity index (χ4v) is 2.09. The molecule has 0 bridgehead atoms. The highest BCUT2D eigenvalue weighted by atomic mass is 79.9. The third-order valence-corrected chi connectivity index (χ3v) is 3.07. The van der Waals surface area contributed by atoms with Crippen molar-refractivity contribution in [2.75, 3.05) is 0 Å². The standard InChI is InChI=1S/C14H17BrO3/c1-4-13(17)18-14(2,3)12-6-5-11(15)9-10(12)7-8-16/h5-9,16H,4H2,1-3H3/b8-7-. The molecule has 0 amide bonds. The van der Waals surface area contributed by atoms with Gasteiger partial charge in [-0.1, -0.05) is 28.9 Å². The van der Waals surface area contributed by atoms with E-state index in [-0.39, 0.29) is 5.97 Å². The molecule has 0 heterocycles. The molecule has 0 saturated heterocycles. The molecule has 1 N–H and O–H groups in total. The Bertz CT molecular complexity index is 464. The summed E-state index contributed by atoms with van der Waals surface area (Å²) in [5.41, 5.74) is 0.918. The minimum atomic E-state index is -0.733. The molecule has 98 valence electrons. The lowest BCUT2D eigenvalue weighted by atomic mass is 9.93. The minimum absolute atomic E-state index is 0.248. The predicted octanol–water partition coefficient (Wildman–Crippen LogP) is 4.17. The van der Waals surface area contributed by atoms with Crippen LogP contribution in [0.3, 0.4) is 0 Å². The largest absolute Gasteiger partial charge is 0.516 e. The number of hydrogen-bond acceptors (Lipinski definition) is 3. The summed E-state index contributed by atoms with van der Waals surface area (Å²) >= 11 is 3.37. The van der Waals surface area contributed by atoms with Crippen LogP contribution in [0.4, 0.5) is 0 Å². The fraction of sp³-hybridized carbons (Fsp3) is 0.357. The summed E-state index contributed by atoms with van der Waals surface area (Å²) in [6.45, 7) is 5.42. The first-order valence-corrected chi connectivity index (χ1v) is 6.52. The Labute approximate surface area is 116 Å². The van der Waals surface area contributed by atoms with Gasteiger partial charge < -0.3 is 9.84 Å². The topological polar surface area (TPSA) is 46.5 Å². The van der Waals surface area contributed by atoms with Gasteiger partial charge in [-0.2, -0.15) is 0 Å². The molecule has 0 aromatic heterocycles. The molecular formula is C14H17BrO3. The van der Waals surface area contributed by atoms with Crippen molar-refractivity contribution in [3.05, 3.63) is 40.1 Å². The summed E-state index contributed by atoms with van der Waals surface area (Å²) in [5, 5.41) is 8.93. The Morgan fingerprint density at radius 1 is 1.50 bits per heavy atom. The Balaban J connectivity index is 3.18. The average molecular weight is 313 g/mol. The highest BCUT2D eigenvalue weighted by Gasteiger charge is 2.26. The zero-order chi connectivity index (χ0) is 13.8. The van der Waals surface area contributed by atoms with E-state index in [0.717, 1.165) is 21.9 Å². The van der Waals surface area contributed by atoms with Crippen molar-refractivity contribution >= 4 is 28.0 Å². The third-order valence-electron chi connectivity index (χ3n) is 2.57. The number of esters is 1. The lowest BCUT2D eigenvalue weighted by molar-refractivity contribution is -0.157. The van der Waals surface area contributed by atoms with E-state index in [4.69, 9.17) is 9.84 Å². The van der Waals surface area contributed by atoms with Gasteiger partial charge in [0.15, 0.2) is 0 Å². The molecule has 0 spiro atoms. The summed E-state index contributed by atoms with van der Waals surface area (Å²) in [6.07, 6.45) is 2.88. The van der Waals surface area contributed by atoms with Crippen molar-refractivity contribution in [1.29, 1.82) is 0 Å². The maximum absolute atomic E-state index is 11.4. The number of halogens is 1. The van der Waals surface area contributed by atoms with Gasteiger partial charge in [0.2, 0.25) is 0 Å². The van der Waals surface area contributed by atoms with E-state index < -0.39 is 5.60 Å².